The summed E-state index contributed by atoms with van der Waals surface area (Å²) in [6.45, 7) is 1.71. The molecule has 2 aromatic carbocycles. The summed E-state index contributed by atoms with van der Waals surface area (Å²) < 4.78 is 0. The van der Waals surface area contributed by atoms with Crippen LogP contribution in [0.4, 0.5) is 0 Å². The molecule has 1 saturated carbocycles. The van der Waals surface area contributed by atoms with Gasteiger partial charge in [-0.3, -0.25) is 0 Å². The molecule has 0 spiro atoms. The van der Waals surface area contributed by atoms with Gasteiger partial charge in [-0.2, -0.15) is 0 Å². The highest BCUT2D eigenvalue weighted by Crippen LogP contribution is 2.47. The van der Waals surface area contributed by atoms with Crippen LogP contribution in [0.2, 0.25) is 0 Å². The molecular formula is C18H23NO2. The van der Waals surface area contributed by atoms with Gasteiger partial charge in [0.05, 0.1) is 6.10 Å². The van der Waals surface area contributed by atoms with Gasteiger partial charge in [-0.25, -0.2) is 0 Å². The Bertz CT molecular complexity index is 607. The van der Waals surface area contributed by atoms with Crippen molar-refractivity contribution in [3.05, 3.63) is 48.0 Å². The van der Waals surface area contributed by atoms with Crippen molar-refractivity contribution in [3.63, 3.8) is 0 Å². The first-order valence-corrected chi connectivity index (χ1v) is 7.71. The van der Waals surface area contributed by atoms with Crippen molar-refractivity contribution in [2.75, 3.05) is 19.7 Å². The van der Waals surface area contributed by atoms with Gasteiger partial charge in [0.2, 0.25) is 0 Å². The average molecular weight is 285 g/mol. The molecule has 2 aromatic rings. The molecule has 0 radical (unpaired) electrons. The lowest BCUT2D eigenvalue weighted by Gasteiger charge is -2.17. The quantitative estimate of drug-likeness (QED) is 0.733. The molecule has 0 heterocycles. The molecule has 21 heavy (non-hydrogen) atoms. The van der Waals surface area contributed by atoms with E-state index in [1.54, 1.807) is 0 Å². The van der Waals surface area contributed by atoms with Crippen LogP contribution in [-0.4, -0.2) is 29.9 Å². The normalized spacial score (nSPS) is 17.8. The summed E-state index contributed by atoms with van der Waals surface area (Å²) in [5.41, 5.74) is 1.24. The van der Waals surface area contributed by atoms with Gasteiger partial charge in [0.1, 0.15) is 0 Å². The largest absolute Gasteiger partial charge is 0.396 e. The Morgan fingerprint density at radius 1 is 1.10 bits per heavy atom. The first kappa shape index (κ1) is 14.5. The van der Waals surface area contributed by atoms with Crippen LogP contribution >= 0.6 is 0 Å². The fraction of sp³-hybridized carbons (Fsp3) is 0.444. The average Bonchev–Trinajstić information content (AvgIpc) is 3.27. The maximum Gasteiger partial charge on any atom is 0.0914 e. The lowest BCUT2D eigenvalue weighted by atomic mass is 10.0. The minimum absolute atomic E-state index is 0.259. The summed E-state index contributed by atoms with van der Waals surface area (Å²) in [5, 5.41) is 25.1. The minimum atomic E-state index is -0.487. The number of hydrogen-bond donors (Lipinski definition) is 3. The summed E-state index contributed by atoms with van der Waals surface area (Å²) in [6.07, 6.45) is 2.75. The molecule has 0 aliphatic heterocycles. The monoisotopic (exact) mass is 285 g/mol. The van der Waals surface area contributed by atoms with E-state index in [0.29, 0.717) is 6.54 Å². The molecule has 112 valence electrons. The van der Waals surface area contributed by atoms with Crippen LogP contribution in [0.25, 0.3) is 10.8 Å². The van der Waals surface area contributed by atoms with E-state index in [1.807, 2.05) is 18.2 Å². The van der Waals surface area contributed by atoms with Crippen molar-refractivity contribution < 1.29 is 10.2 Å². The Kier molecular flexibility index (Phi) is 4.24. The van der Waals surface area contributed by atoms with Crippen molar-refractivity contribution >= 4 is 10.8 Å². The van der Waals surface area contributed by atoms with E-state index >= 15 is 0 Å². The number of hydrogen-bond acceptors (Lipinski definition) is 3. The lowest BCUT2D eigenvalue weighted by Crippen LogP contribution is -2.28. The first-order chi connectivity index (χ1) is 10.2. The molecule has 3 nitrogen and oxygen atoms in total. The van der Waals surface area contributed by atoms with Gasteiger partial charge in [0, 0.05) is 19.7 Å². The fourth-order valence-corrected chi connectivity index (χ4v) is 2.94. The van der Waals surface area contributed by atoms with E-state index in [2.05, 4.69) is 29.6 Å². The van der Waals surface area contributed by atoms with E-state index in [1.165, 1.54) is 18.2 Å². The summed E-state index contributed by atoms with van der Waals surface area (Å²) in [7, 11) is 0. The Hall–Kier alpha value is -1.42. The second-order valence-corrected chi connectivity index (χ2v) is 6.23. The van der Waals surface area contributed by atoms with Crippen molar-refractivity contribution in [2.24, 2.45) is 5.41 Å². The van der Waals surface area contributed by atoms with Gasteiger partial charge in [-0.15, -0.1) is 0 Å². The van der Waals surface area contributed by atoms with Crippen LogP contribution in [0.15, 0.2) is 42.5 Å². The van der Waals surface area contributed by atoms with Crippen molar-refractivity contribution in [1.29, 1.82) is 0 Å². The number of benzene rings is 2. The number of fused-ring (bicyclic) bond motifs is 1. The summed E-state index contributed by atoms with van der Waals surface area (Å²) in [5.74, 6) is 0. The van der Waals surface area contributed by atoms with E-state index < -0.39 is 6.10 Å². The standard InChI is InChI=1S/C18H23NO2/c20-10-9-18(7-8-18)13-19-12-17(21)16-6-5-14-3-1-2-4-15(14)11-16/h1-6,11,17,19-21H,7-10,12-13H2. The highest BCUT2D eigenvalue weighted by Gasteiger charge is 2.41. The highest BCUT2D eigenvalue weighted by atomic mass is 16.3. The van der Waals surface area contributed by atoms with Crippen molar-refractivity contribution in [1.82, 2.24) is 5.32 Å². The third kappa shape index (κ3) is 3.43. The van der Waals surface area contributed by atoms with E-state index in [9.17, 15) is 5.11 Å². The van der Waals surface area contributed by atoms with Crippen LogP contribution in [0.5, 0.6) is 0 Å². The topological polar surface area (TPSA) is 52.5 Å². The van der Waals surface area contributed by atoms with Gasteiger partial charge in [0.15, 0.2) is 0 Å². The van der Waals surface area contributed by atoms with Crippen molar-refractivity contribution in [2.45, 2.75) is 25.4 Å². The van der Waals surface area contributed by atoms with Gasteiger partial charge in [0.25, 0.3) is 0 Å². The molecule has 0 amide bonds. The third-order valence-electron chi connectivity index (χ3n) is 4.60. The molecule has 1 unspecified atom stereocenters. The molecule has 1 atom stereocenters. The van der Waals surface area contributed by atoms with E-state index in [0.717, 1.165) is 23.9 Å². The zero-order valence-electron chi connectivity index (χ0n) is 12.3. The summed E-state index contributed by atoms with van der Waals surface area (Å²) in [6, 6.07) is 14.3. The van der Waals surface area contributed by atoms with Crippen molar-refractivity contribution in [3.8, 4) is 0 Å². The molecule has 0 aromatic heterocycles. The molecule has 1 aliphatic rings. The molecule has 1 fully saturated rings. The lowest BCUT2D eigenvalue weighted by molar-refractivity contribution is 0.169. The predicted molar refractivity (Wildman–Crippen MR) is 85.1 cm³/mol. The number of aliphatic hydroxyl groups is 2. The SMILES string of the molecule is OCCC1(CNCC(O)c2ccc3ccccc3c2)CC1. The van der Waals surface area contributed by atoms with E-state index in [-0.39, 0.29) is 12.0 Å². The van der Waals surface area contributed by atoms with Gasteiger partial charge in [-0.05, 0) is 47.1 Å². The Morgan fingerprint density at radius 2 is 1.86 bits per heavy atom. The Morgan fingerprint density at radius 3 is 2.57 bits per heavy atom. The van der Waals surface area contributed by atoms with Gasteiger partial charge >= 0.3 is 0 Å². The van der Waals surface area contributed by atoms with Crippen LogP contribution < -0.4 is 5.32 Å². The Balaban J connectivity index is 1.58. The smallest absolute Gasteiger partial charge is 0.0914 e. The van der Waals surface area contributed by atoms with E-state index in [4.69, 9.17) is 5.11 Å². The van der Waals surface area contributed by atoms with Gasteiger partial charge < -0.3 is 15.5 Å². The fourth-order valence-electron chi connectivity index (χ4n) is 2.94. The zero-order valence-corrected chi connectivity index (χ0v) is 12.3. The molecule has 0 saturated heterocycles. The molecular weight excluding hydrogens is 262 g/mol. The van der Waals surface area contributed by atoms with Crippen LogP contribution in [0.3, 0.4) is 0 Å². The van der Waals surface area contributed by atoms with Crippen LogP contribution in [-0.2, 0) is 0 Å². The maximum absolute atomic E-state index is 10.3. The second kappa shape index (κ2) is 6.14. The molecule has 0 bridgehead atoms. The third-order valence-corrected chi connectivity index (χ3v) is 4.60. The maximum atomic E-state index is 10.3. The predicted octanol–water partition coefficient (Wildman–Crippen LogP) is 2.63. The second-order valence-electron chi connectivity index (χ2n) is 6.23. The minimum Gasteiger partial charge on any atom is -0.396 e. The summed E-state index contributed by atoms with van der Waals surface area (Å²) in [4.78, 5) is 0. The highest BCUT2D eigenvalue weighted by molar-refractivity contribution is 5.83. The summed E-state index contributed by atoms with van der Waals surface area (Å²) >= 11 is 0. The van der Waals surface area contributed by atoms with Gasteiger partial charge in [-0.1, -0.05) is 36.4 Å². The molecule has 1 aliphatic carbocycles. The number of nitrogens with one attached hydrogen (secondary N) is 1. The zero-order chi connectivity index (χ0) is 14.7. The molecule has 3 rings (SSSR count). The van der Waals surface area contributed by atoms with Crippen LogP contribution in [0.1, 0.15) is 30.9 Å². The van der Waals surface area contributed by atoms with Crippen LogP contribution in [0, 0.1) is 5.41 Å². The molecule has 3 N–H and O–H groups in total. The Labute approximate surface area is 125 Å². The molecule has 3 heteroatoms. The number of aliphatic hydroxyl groups excluding tert-OH is 2. The first-order valence-electron chi connectivity index (χ1n) is 7.71. The number of rotatable bonds is 7.